The Morgan fingerprint density at radius 2 is 1.05 bits per heavy atom. The summed E-state index contributed by atoms with van der Waals surface area (Å²) in [4.78, 5) is 0. The Morgan fingerprint density at radius 3 is 1.50 bits per heavy atom. The number of hydrogen-bond donors (Lipinski definition) is 1. The van der Waals surface area contributed by atoms with Crippen molar-refractivity contribution in [1.29, 1.82) is 0 Å². The minimum absolute atomic E-state index is 0.610. The van der Waals surface area contributed by atoms with Gasteiger partial charge in [-0.25, -0.2) is 0 Å². The van der Waals surface area contributed by atoms with Crippen LogP contribution in [0.25, 0.3) is 0 Å². The third-order valence-electron chi connectivity index (χ3n) is 3.73. The molecular weight excluding hydrogens is 285 g/mol. The summed E-state index contributed by atoms with van der Waals surface area (Å²) in [7, 11) is -0.610. The van der Waals surface area contributed by atoms with Crippen molar-refractivity contribution in [2.24, 2.45) is 0 Å². The van der Waals surface area contributed by atoms with Gasteiger partial charge in [-0.2, -0.15) is 0 Å². The lowest BCUT2D eigenvalue weighted by Gasteiger charge is -2.23. The fraction of sp³-hybridized carbons (Fsp3) is 0.100. The molecule has 1 nitrogen and oxygen atoms in total. The van der Waals surface area contributed by atoms with Crippen LogP contribution in [0.1, 0.15) is 11.1 Å². The largest absolute Gasteiger partial charge is 0.357 e. The van der Waals surface area contributed by atoms with Crippen LogP contribution in [-0.4, -0.2) is 0 Å². The van der Waals surface area contributed by atoms with Gasteiger partial charge in [-0.3, -0.25) is 0 Å². The molecule has 3 aromatic rings. The Labute approximate surface area is 133 Å². The van der Waals surface area contributed by atoms with Gasteiger partial charge in [-0.1, -0.05) is 78.9 Å². The molecule has 0 saturated carbocycles. The standard InChI is InChI=1S/C20H20NP/c1-16-10-9-11-17(2)20(16)21-22(18-12-5-3-6-13-18)19-14-7-4-8-15-19/h3-15,21H,1-2H3. The molecule has 0 atom stereocenters. The van der Waals surface area contributed by atoms with Crippen LogP contribution in [-0.2, 0) is 0 Å². The van der Waals surface area contributed by atoms with E-state index in [1.807, 2.05) is 0 Å². The maximum atomic E-state index is 3.81. The molecule has 110 valence electrons. The zero-order valence-corrected chi connectivity index (χ0v) is 13.8. The van der Waals surface area contributed by atoms with Crippen molar-refractivity contribution in [2.45, 2.75) is 13.8 Å². The van der Waals surface area contributed by atoms with Crippen molar-refractivity contribution in [1.82, 2.24) is 0 Å². The molecule has 0 saturated heterocycles. The summed E-state index contributed by atoms with van der Waals surface area (Å²) < 4.78 is 0. The number of benzene rings is 3. The zero-order chi connectivity index (χ0) is 15.4. The normalized spacial score (nSPS) is 10.7. The van der Waals surface area contributed by atoms with E-state index >= 15 is 0 Å². The second kappa shape index (κ2) is 6.77. The fourth-order valence-corrected chi connectivity index (χ4v) is 4.61. The highest BCUT2D eigenvalue weighted by Crippen LogP contribution is 2.37. The molecule has 3 aromatic carbocycles. The van der Waals surface area contributed by atoms with Crippen LogP contribution in [0.4, 0.5) is 5.69 Å². The van der Waals surface area contributed by atoms with Crippen LogP contribution in [0.5, 0.6) is 0 Å². The Morgan fingerprint density at radius 1 is 0.591 bits per heavy atom. The third-order valence-corrected chi connectivity index (χ3v) is 5.81. The van der Waals surface area contributed by atoms with Crippen molar-refractivity contribution in [3.05, 3.63) is 90.0 Å². The van der Waals surface area contributed by atoms with Crippen molar-refractivity contribution in [3.8, 4) is 0 Å². The van der Waals surface area contributed by atoms with Gasteiger partial charge in [0, 0.05) is 16.3 Å². The molecule has 0 radical (unpaired) electrons. The predicted molar refractivity (Wildman–Crippen MR) is 98.6 cm³/mol. The molecule has 2 heteroatoms. The monoisotopic (exact) mass is 305 g/mol. The van der Waals surface area contributed by atoms with Crippen LogP contribution in [0.3, 0.4) is 0 Å². The maximum absolute atomic E-state index is 3.81. The summed E-state index contributed by atoms with van der Waals surface area (Å²) in [6.07, 6.45) is 0. The van der Waals surface area contributed by atoms with Gasteiger partial charge in [0.2, 0.25) is 0 Å². The minimum atomic E-state index is -0.610. The molecule has 0 bridgehead atoms. The molecule has 0 aliphatic rings. The lowest BCUT2D eigenvalue weighted by atomic mass is 10.1. The molecular formula is C20H20NP. The molecule has 0 heterocycles. The third kappa shape index (κ3) is 3.21. The van der Waals surface area contributed by atoms with Gasteiger partial charge in [0.25, 0.3) is 0 Å². The molecule has 0 aliphatic carbocycles. The predicted octanol–water partition coefficient (Wildman–Crippen LogP) is 4.76. The summed E-state index contributed by atoms with van der Waals surface area (Å²) >= 11 is 0. The van der Waals surface area contributed by atoms with Crippen LogP contribution in [0.15, 0.2) is 78.9 Å². The Balaban J connectivity index is 2.03. The number of nitrogens with one attached hydrogen (secondary N) is 1. The molecule has 0 fully saturated rings. The topological polar surface area (TPSA) is 12.0 Å². The van der Waals surface area contributed by atoms with Gasteiger partial charge in [0.05, 0.1) is 8.07 Å². The summed E-state index contributed by atoms with van der Waals surface area (Å²) in [5, 5.41) is 6.49. The number of rotatable bonds is 4. The average molecular weight is 305 g/mol. The van der Waals surface area contributed by atoms with Crippen LogP contribution >= 0.6 is 8.07 Å². The number of para-hydroxylation sites is 1. The van der Waals surface area contributed by atoms with E-state index in [9.17, 15) is 0 Å². The highest BCUT2D eigenvalue weighted by molar-refractivity contribution is 7.74. The SMILES string of the molecule is Cc1cccc(C)c1NP(c1ccccc1)c1ccccc1. The van der Waals surface area contributed by atoms with E-state index in [-0.39, 0.29) is 0 Å². The van der Waals surface area contributed by atoms with E-state index in [4.69, 9.17) is 0 Å². The summed E-state index contributed by atoms with van der Waals surface area (Å²) in [5.74, 6) is 0. The minimum Gasteiger partial charge on any atom is -0.357 e. The van der Waals surface area contributed by atoms with Gasteiger partial charge in [0.15, 0.2) is 0 Å². The van der Waals surface area contributed by atoms with Gasteiger partial charge < -0.3 is 5.09 Å². The Kier molecular flexibility index (Phi) is 4.56. The Bertz CT molecular complexity index is 678. The molecule has 0 unspecified atom stereocenters. The van der Waals surface area contributed by atoms with Crippen LogP contribution < -0.4 is 15.7 Å². The van der Waals surface area contributed by atoms with Crippen LogP contribution in [0, 0.1) is 13.8 Å². The van der Waals surface area contributed by atoms with Crippen molar-refractivity contribution in [2.75, 3.05) is 5.09 Å². The molecule has 0 spiro atoms. The molecule has 0 aliphatic heterocycles. The van der Waals surface area contributed by atoms with Crippen molar-refractivity contribution in [3.63, 3.8) is 0 Å². The van der Waals surface area contributed by atoms with E-state index in [1.165, 1.54) is 27.4 Å². The van der Waals surface area contributed by atoms with E-state index < -0.39 is 8.07 Å². The molecule has 0 aromatic heterocycles. The van der Waals surface area contributed by atoms with Gasteiger partial charge in [0.1, 0.15) is 0 Å². The quantitative estimate of drug-likeness (QED) is 0.685. The van der Waals surface area contributed by atoms with Gasteiger partial charge in [-0.05, 0) is 25.0 Å². The highest BCUT2D eigenvalue weighted by atomic mass is 31.1. The first-order valence-electron chi connectivity index (χ1n) is 7.49. The smallest absolute Gasteiger partial charge is 0.0522 e. The van der Waals surface area contributed by atoms with E-state index in [2.05, 4.69) is 97.8 Å². The second-order valence-electron chi connectivity index (χ2n) is 5.39. The average Bonchev–Trinajstić information content (AvgIpc) is 2.56. The van der Waals surface area contributed by atoms with E-state index in [0.717, 1.165) is 0 Å². The molecule has 1 N–H and O–H groups in total. The van der Waals surface area contributed by atoms with Crippen LogP contribution in [0.2, 0.25) is 0 Å². The highest BCUT2D eigenvalue weighted by Gasteiger charge is 2.15. The first-order chi connectivity index (χ1) is 10.8. The number of hydrogen-bond acceptors (Lipinski definition) is 1. The summed E-state index contributed by atoms with van der Waals surface area (Å²) in [6.45, 7) is 4.33. The van der Waals surface area contributed by atoms with Crippen molar-refractivity contribution < 1.29 is 0 Å². The summed E-state index contributed by atoms with van der Waals surface area (Å²) in [6, 6.07) is 27.9. The lowest BCUT2D eigenvalue weighted by molar-refractivity contribution is 1.39. The van der Waals surface area contributed by atoms with Gasteiger partial charge in [-0.15, -0.1) is 0 Å². The first kappa shape index (κ1) is 14.8. The number of aryl methyl sites for hydroxylation is 2. The zero-order valence-electron chi connectivity index (χ0n) is 13.0. The van der Waals surface area contributed by atoms with E-state index in [1.54, 1.807) is 0 Å². The lowest BCUT2D eigenvalue weighted by Crippen LogP contribution is -2.17. The van der Waals surface area contributed by atoms with Crippen molar-refractivity contribution >= 4 is 24.4 Å². The molecule has 0 amide bonds. The molecule has 3 rings (SSSR count). The maximum Gasteiger partial charge on any atom is 0.0522 e. The van der Waals surface area contributed by atoms with Gasteiger partial charge >= 0.3 is 0 Å². The Hall–Kier alpha value is -2.11. The summed E-state index contributed by atoms with van der Waals surface area (Å²) in [5.41, 5.74) is 3.83. The fourth-order valence-electron chi connectivity index (χ4n) is 2.53. The number of anilines is 1. The molecule has 22 heavy (non-hydrogen) atoms. The van der Waals surface area contributed by atoms with E-state index in [0.29, 0.717) is 0 Å². The first-order valence-corrected chi connectivity index (χ1v) is 8.83. The second-order valence-corrected chi connectivity index (χ2v) is 7.31.